The van der Waals surface area contributed by atoms with Crippen molar-refractivity contribution in [3.8, 4) is 0 Å². The standard InChI is InChI=1S/C9H9ClO3/c10-8-2-1-7(13-8)9(11)6-3-4-12-5-6/h1-2,5,9,11H,3-4H2. The van der Waals surface area contributed by atoms with Crippen molar-refractivity contribution in [3.05, 3.63) is 34.9 Å². The van der Waals surface area contributed by atoms with Crippen molar-refractivity contribution in [2.24, 2.45) is 0 Å². The second-order valence-corrected chi connectivity index (χ2v) is 3.23. The maximum Gasteiger partial charge on any atom is 0.193 e. The van der Waals surface area contributed by atoms with Gasteiger partial charge in [-0.15, -0.1) is 0 Å². The number of hydrogen-bond acceptors (Lipinski definition) is 3. The van der Waals surface area contributed by atoms with Gasteiger partial charge in [-0.1, -0.05) is 0 Å². The first kappa shape index (κ1) is 8.66. The summed E-state index contributed by atoms with van der Waals surface area (Å²) in [5.41, 5.74) is 0.825. The molecule has 0 radical (unpaired) electrons. The molecule has 0 spiro atoms. The van der Waals surface area contributed by atoms with E-state index in [9.17, 15) is 5.11 Å². The fourth-order valence-corrected chi connectivity index (χ4v) is 1.41. The first-order valence-corrected chi connectivity index (χ1v) is 4.39. The Balaban J connectivity index is 2.16. The molecule has 3 nitrogen and oxygen atoms in total. The van der Waals surface area contributed by atoms with Crippen LogP contribution in [0.4, 0.5) is 0 Å². The van der Waals surface area contributed by atoms with Crippen LogP contribution in [0.2, 0.25) is 5.22 Å². The van der Waals surface area contributed by atoms with Gasteiger partial charge in [0.1, 0.15) is 11.9 Å². The van der Waals surface area contributed by atoms with Crippen LogP contribution in [0.15, 0.2) is 28.4 Å². The van der Waals surface area contributed by atoms with Crippen molar-refractivity contribution < 1.29 is 14.3 Å². The fraction of sp³-hybridized carbons (Fsp3) is 0.333. The Bertz CT molecular complexity index is 329. The van der Waals surface area contributed by atoms with E-state index in [1.807, 2.05) is 0 Å². The predicted molar refractivity (Wildman–Crippen MR) is 47.3 cm³/mol. The Hall–Kier alpha value is -0.930. The summed E-state index contributed by atoms with van der Waals surface area (Å²) in [6.45, 7) is 0.626. The average Bonchev–Trinajstić information content (AvgIpc) is 2.72. The largest absolute Gasteiger partial charge is 0.501 e. The summed E-state index contributed by atoms with van der Waals surface area (Å²) in [6.07, 6.45) is 1.58. The molecule has 0 saturated heterocycles. The van der Waals surface area contributed by atoms with Crippen molar-refractivity contribution in [1.29, 1.82) is 0 Å². The van der Waals surface area contributed by atoms with Crippen LogP contribution in [0.1, 0.15) is 18.3 Å². The molecule has 1 aromatic rings. The van der Waals surface area contributed by atoms with Crippen LogP contribution in [0.5, 0.6) is 0 Å². The fourth-order valence-electron chi connectivity index (χ4n) is 1.26. The normalized spacial score (nSPS) is 18.2. The molecule has 1 aromatic heterocycles. The van der Waals surface area contributed by atoms with Crippen LogP contribution in [-0.4, -0.2) is 11.7 Å². The number of furan rings is 1. The van der Waals surface area contributed by atoms with Gasteiger partial charge < -0.3 is 14.3 Å². The van der Waals surface area contributed by atoms with E-state index in [-0.39, 0.29) is 5.22 Å². The lowest BCUT2D eigenvalue weighted by Crippen LogP contribution is -1.98. The zero-order chi connectivity index (χ0) is 9.26. The molecular weight excluding hydrogens is 192 g/mol. The highest BCUT2D eigenvalue weighted by Crippen LogP contribution is 2.29. The molecule has 1 unspecified atom stereocenters. The minimum Gasteiger partial charge on any atom is -0.501 e. The zero-order valence-corrected chi connectivity index (χ0v) is 7.62. The second kappa shape index (κ2) is 3.44. The van der Waals surface area contributed by atoms with E-state index in [1.165, 1.54) is 0 Å². The summed E-state index contributed by atoms with van der Waals surface area (Å²) >= 11 is 5.58. The number of aliphatic hydroxyl groups is 1. The van der Waals surface area contributed by atoms with Gasteiger partial charge in [0.15, 0.2) is 5.22 Å². The maximum atomic E-state index is 9.73. The van der Waals surface area contributed by atoms with Gasteiger partial charge >= 0.3 is 0 Å². The van der Waals surface area contributed by atoms with Gasteiger partial charge in [-0.05, 0) is 23.7 Å². The predicted octanol–water partition coefficient (Wildman–Crippen LogP) is 2.27. The van der Waals surface area contributed by atoms with Crippen LogP contribution >= 0.6 is 11.6 Å². The van der Waals surface area contributed by atoms with Gasteiger partial charge in [-0.25, -0.2) is 0 Å². The highest BCUT2D eigenvalue weighted by atomic mass is 35.5. The SMILES string of the molecule is OC(C1=COCC1)c1ccc(Cl)o1. The first-order chi connectivity index (χ1) is 6.27. The monoisotopic (exact) mass is 200 g/mol. The summed E-state index contributed by atoms with van der Waals surface area (Å²) in [5, 5.41) is 10.0. The molecule has 0 bridgehead atoms. The number of ether oxygens (including phenoxy) is 1. The summed E-state index contributed by atoms with van der Waals surface area (Å²) in [6, 6.07) is 3.27. The Kier molecular flexibility index (Phi) is 2.29. The molecule has 13 heavy (non-hydrogen) atoms. The Morgan fingerprint density at radius 3 is 2.85 bits per heavy atom. The quantitative estimate of drug-likeness (QED) is 0.797. The van der Waals surface area contributed by atoms with Gasteiger partial charge in [0.05, 0.1) is 12.9 Å². The van der Waals surface area contributed by atoms with Gasteiger partial charge in [0.25, 0.3) is 0 Å². The van der Waals surface area contributed by atoms with Crippen molar-refractivity contribution in [1.82, 2.24) is 0 Å². The first-order valence-electron chi connectivity index (χ1n) is 4.01. The lowest BCUT2D eigenvalue weighted by molar-refractivity contribution is 0.183. The van der Waals surface area contributed by atoms with Crippen LogP contribution in [-0.2, 0) is 4.74 Å². The van der Waals surface area contributed by atoms with Gasteiger partial charge in [0, 0.05) is 12.0 Å². The van der Waals surface area contributed by atoms with E-state index < -0.39 is 6.10 Å². The molecule has 0 amide bonds. The van der Waals surface area contributed by atoms with E-state index >= 15 is 0 Å². The third-order valence-electron chi connectivity index (χ3n) is 1.96. The zero-order valence-electron chi connectivity index (χ0n) is 6.87. The molecule has 2 rings (SSSR count). The molecule has 4 heteroatoms. The molecule has 1 N–H and O–H groups in total. The summed E-state index contributed by atoms with van der Waals surface area (Å²) in [5.74, 6) is 0.460. The lowest BCUT2D eigenvalue weighted by atomic mass is 10.1. The average molecular weight is 201 g/mol. The molecule has 70 valence electrons. The third-order valence-corrected chi connectivity index (χ3v) is 2.16. The van der Waals surface area contributed by atoms with Gasteiger partial charge in [-0.3, -0.25) is 0 Å². The molecule has 2 heterocycles. The second-order valence-electron chi connectivity index (χ2n) is 2.86. The summed E-state index contributed by atoms with van der Waals surface area (Å²) < 4.78 is 10.1. The molecule has 1 aliphatic heterocycles. The van der Waals surface area contributed by atoms with E-state index in [2.05, 4.69) is 0 Å². The Morgan fingerprint density at radius 1 is 1.46 bits per heavy atom. The lowest BCUT2D eigenvalue weighted by Gasteiger charge is -2.05. The van der Waals surface area contributed by atoms with Crippen LogP contribution in [0.3, 0.4) is 0 Å². The molecule has 1 atom stereocenters. The number of halogens is 1. The highest BCUT2D eigenvalue weighted by Gasteiger charge is 2.20. The molecule has 0 fully saturated rings. The van der Waals surface area contributed by atoms with Crippen LogP contribution in [0.25, 0.3) is 0 Å². The van der Waals surface area contributed by atoms with Crippen molar-refractivity contribution >= 4 is 11.6 Å². The maximum absolute atomic E-state index is 9.73. The Morgan fingerprint density at radius 2 is 2.31 bits per heavy atom. The molecule has 0 saturated carbocycles. The molecular formula is C9H9ClO3. The number of aliphatic hydroxyl groups excluding tert-OH is 1. The molecule has 1 aliphatic rings. The minimum absolute atomic E-state index is 0.286. The van der Waals surface area contributed by atoms with E-state index in [0.29, 0.717) is 12.4 Å². The van der Waals surface area contributed by atoms with E-state index in [1.54, 1.807) is 18.4 Å². The summed E-state index contributed by atoms with van der Waals surface area (Å²) in [4.78, 5) is 0. The van der Waals surface area contributed by atoms with E-state index in [0.717, 1.165) is 12.0 Å². The third kappa shape index (κ3) is 1.71. The van der Waals surface area contributed by atoms with Crippen molar-refractivity contribution in [2.75, 3.05) is 6.61 Å². The summed E-state index contributed by atoms with van der Waals surface area (Å²) in [7, 11) is 0. The van der Waals surface area contributed by atoms with Crippen molar-refractivity contribution in [2.45, 2.75) is 12.5 Å². The smallest absolute Gasteiger partial charge is 0.193 e. The topological polar surface area (TPSA) is 42.6 Å². The van der Waals surface area contributed by atoms with Crippen LogP contribution < -0.4 is 0 Å². The van der Waals surface area contributed by atoms with Crippen molar-refractivity contribution in [3.63, 3.8) is 0 Å². The highest BCUT2D eigenvalue weighted by molar-refractivity contribution is 6.28. The molecule has 0 aromatic carbocycles. The van der Waals surface area contributed by atoms with Crippen LogP contribution in [0, 0.1) is 0 Å². The van der Waals surface area contributed by atoms with Gasteiger partial charge in [0.2, 0.25) is 0 Å². The molecule has 0 aliphatic carbocycles. The number of rotatable bonds is 2. The van der Waals surface area contributed by atoms with Gasteiger partial charge in [-0.2, -0.15) is 0 Å². The Labute approximate surface area is 80.6 Å². The minimum atomic E-state index is -0.727. The number of hydrogen-bond donors (Lipinski definition) is 1. The van der Waals surface area contributed by atoms with E-state index in [4.69, 9.17) is 20.8 Å².